The summed E-state index contributed by atoms with van der Waals surface area (Å²) in [6.07, 6.45) is 4.62. The van der Waals surface area contributed by atoms with E-state index in [1.54, 1.807) is 24.6 Å². The molecule has 0 aliphatic carbocycles. The van der Waals surface area contributed by atoms with Crippen molar-refractivity contribution in [1.29, 1.82) is 0 Å². The average molecular weight is 249 g/mol. The van der Waals surface area contributed by atoms with Gasteiger partial charge in [-0.15, -0.1) is 11.3 Å². The molecule has 2 heterocycles. The summed E-state index contributed by atoms with van der Waals surface area (Å²) < 4.78 is 5.17. The fourth-order valence-electron chi connectivity index (χ4n) is 1.46. The Bertz CT molecular complexity index is 484. The number of hydrogen-bond donors (Lipinski definition) is 1. The summed E-state index contributed by atoms with van der Waals surface area (Å²) in [5.74, 6) is 0.618. The monoisotopic (exact) mass is 249 g/mol. The normalized spacial score (nSPS) is 10.2. The Morgan fingerprint density at radius 3 is 3.00 bits per heavy atom. The number of pyridine rings is 1. The molecule has 90 valence electrons. The molecule has 0 radical (unpaired) electrons. The van der Waals surface area contributed by atoms with Crippen molar-refractivity contribution in [3.8, 4) is 5.88 Å². The lowest BCUT2D eigenvalue weighted by Crippen LogP contribution is -2.00. The molecule has 5 heteroatoms. The Morgan fingerprint density at radius 1 is 1.41 bits per heavy atom. The first-order chi connectivity index (χ1) is 8.33. The Balaban J connectivity index is 2.01. The molecule has 0 amide bonds. The van der Waals surface area contributed by atoms with Gasteiger partial charge in [-0.3, -0.25) is 0 Å². The molecule has 0 fully saturated rings. The predicted molar refractivity (Wildman–Crippen MR) is 69.6 cm³/mol. The van der Waals surface area contributed by atoms with E-state index in [2.05, 4.69) is 22.2 Å². The highest BCUT2D eigenvalue weighted by molar-refractivity contribution is 7.11. The SMILES string of the molecule is CCc1ncc(CNc2cccnc2OC)s1. The minimum Gasteiger partial charge on any atom is -0.480 e. The molecular formula is C12H15N3OS. The van der Waals surface area contributed by atoms with Crippen molar-refractivity contribution < 1.29 is 4.74 Å². The second kappa shape index (κ2) is 5.63. The number of aromatic nitrogens is 2. The van der Waals surface area contributed by atoms with Gasteiger partial charge in [-0.25, -0.2) is 9.97 Å². The summed E-state index contributed by atoms with van der Waals surface area (Å²) >= 11 is 1.73. The molecule has 0 unspecified atom stereocenters. The van der Waals surface area contributed by atoms with Crippen molar-refractivity contribution in [2.75, 3.05) is 12.4 Å². The number of rotatable bonds is 5. The minimum atomic E-state index is 0.618. The van der Waals surface area contributed by atoms with Gasteiger partial charge in [0.15, 0.2) is 0 Å². The summed E-state index contributed by atoms with van der Waals surface area (Å²) in [6, 6.07) is 3.84. The molecule has 0 aromatic carbocycles. The zero-order valence-corrected chi connectivity index (χ0v) is 10.8. The van der Waals surface area contributed by atoms with Crippen LogP contribution in [0.25, 0.3) is 0 Å². The Morgan fingerprint density at radius 2 is 2.29 bits per heavy atom. The largest absolute Gasteiger partial charge is 0.480 e. The van der Waals surface area contributed by atoms with Crippen LogP contribution in [0.15, 0.2) is 24.5 Å². The summed E-state index contributed by atoms with van der Waals surface area (Å²) in [5.41, 5.74) is 0.904. The highest BCUT2D eigenvalue weighted by Gasteiger charge is 2.04. The van der Waals surface area contributed by atoms with Crippen LogP contribution < -0.4 is 10.1 Å². The third kappa shape index (κ3) is 2.94. The lowest BCUT2D eigenvalue weighted by atomic mass is 10.4. The molecule has 0 aliphatic heterocycles. The molecular weight excluding hydrogens is 234 g/mol. The molecule has 17 heavy (non-hydrogen) atoms. The zero-order chi connectivity index (χ0) is 12.1. The number of aryl methyl sites for hydroxylation is 1. The van der Waals surface area contributed by atoms with E-state index in [4.69, 9.17) is 4.74 Å². The van der Waals surface area contributed by atoms with Crippen molar-refractivity contribution in [3.63, 3.8) is 0 Å². The van der Waals surface area contributed by atoms with E-state index in [0.717, 1.165) is 18.7 Å². The third-order valence-electron chi connectivity index (χ3n) is 2.32. The van der Waals surface area contributed by atoms with Gasteiger partial charge >= 0.3 is 0 Å². The van der Waals surface area contributed by atoms with Crippen molar-refractivity contribution in [2.24, 2.45) is 0 Å². The quantitative estimate of drug-likeness (QED) is 0.885. The van der Waals surface area contributed by atoms with Gasteiger partial charge in [0.05, 0.1) is 24.3 Å². The topological polar surface area (TPSA) is 47.0 Å². The predicted octanol–water partition coefficient (Wildman–Crippen LogP) is 2.72. The molecule has 2 rings (SSSR count). The highest BCUT2D eigenvalue weighted by Crippen LogP contribution is 2.22. The van der Waals surface area contributed by atoms with Crippen molar-refractivity contribution in [1.82, 2.24) is 9.97 Å². The third-order valence-corrected chi connectivity index (χ3v) is 3.46. The molecule has 0 saturated carbocycles. The van der Waals surface area contributed by atoms with Gasteiger partial charge in [-0.2, -0.15) is 0 Å². The van der Waals surface area contributed by atoms with Crippen LogP contribution in [-0.4, -0.2) is 17.1 Å². The van der Waals surface area contributed by atoms with E-state index in [1.807, 2.05) is 18.3 Å². The van der Waals surface area contributed by atoms with E-state index in [1.165, 1.54) is 9.88 Å². The van der Waals surface area contributed by atoms with Gasteiger partial charge in [0.1, 0.15) is 0 Å². The first kappa shape index (κ1) is 11.9. The van der Waals surface area contributed by atoms with Crippen LogP contribution in [0.5, 0.6) is 5.88 Å². The lowest BCUT2D eigenvalue weighted by Gasteiger charge is -2.08. The molecule has 4 nitrogen and oxygen atoms in total. The summed E-state index contributed by atoms with van der Waals surface area (Å²) in [7, 11) is 1.62. The first-order valence-corrected chi connectivity index (χ1v) is 6.31. The number of ether oxygens (including phenoxy) is 1. The number of methoxy groups -OCH3 is 1. The molecule has 0 bridgehead atoms. The maximum absolute atomic E-state index is 5.17. The van der Waals surface area contributed by atoms with Crippen LogP contribution in [0.2, 0.25) is 0 Å². The summed E-state index contributed by atoms with van der Waals surface area (Å²) in [5, 5.41) is 4.47. The van der Waals surface area contributed by atoms with E-state index in [0.29, 0.717) is 5.88 Å². The smallest absolute Gasteiger partial charge is 0.237 e. The van der Waals surface area contributed by atoms with Crippen molar-refractivity contribution >= 4 is 17.0 Å². The number of thiazole rings is 1. The molecule has 2 aromatic rings. The molecule has 0 saturated heterocycles. The second-order valence-electron chi connectivity index (χ2n) is 3.49. The van der Waals surface area contributed by atoms with Crippen LogP contribution in [0.4, 0.5) is 5.69 Å². The average Bonchev–Trinajstić information content (AvgIpc) is 2.84. The van der Waals surface area contributed by atoms with Gasteiger partial charge in [0, 0.05) is 17.3 Å². The van der Waals surface area contributed by atoms with Crippen LogP contribution in [0.1, 0.15) is 16.8 Å². The Kier molecular flexibility index (Phi) is 3.93. The fourth-order valence-corrected chi connectivity index (χ4v) is 2.27. The van der Waals surface area contributed by atoms with Gasteiger partial charge in [-0.05, 0) is 18.6 Å². The van der Waals surface area contributed by atoms with Crippen LogP contribution >= 0.6 is 11.3 Å². The second-order valence-corrected chi connectivity index (χ2v) is 4.69. The molecule has 0 atom stereocenters. The number of anilines is 1. The van der Waals surface area contributed by atoms with Crippen molar-refractivity contribution in [2.45, 2.75) is 19.9 Å². The number of nitrogens with one attached hydrogen (secondary N) is 1. The summed E-state index contributed by atoms with van der Waals surface area (Å²) in [6.45, 7) is 2.86. The maximum Gasteiger partial charge on any atom is 0.237 e. The zero-order valence-electron chi connectivity index (χ0n) is 9.93. The van der Waals surface area contributed by atoms with Gasteiger partial charge in [0.25, 0.3) is 0 Å². The maximum atomic E-state index is 5.17. The van der Waals surface area contributed by atoms with E-state index < -0.39 is 0 Å². The summed E-state index contributed by atoms with van der Waals surface area (Å²) in [4.78, 5) is 9.67. The van der Waals surface area contributed by atoms with E-state index in [9.17, 15) is 0 Å². The van der Waals surface area contributed by atoms with Gasteiger partial charge in [-0.1, -0.05) is 6.92 Å². The lowest BCUT2D eigenvalue weighted by molar-refractivity contribution is 0.399. The molecule has 2 aromatic heterocycles. The van der Waals surface area contributed by atoms with Gasteiger partial charge in [0.2, 0.25) is 5.88 Å². The molecule has 0 spiro atoms. The van der Waals surface area contributed by atoms with E-state index in [-0.39, 0.29) is 0 Å². The standard InChI is InChI=1S/C12H15N3OS/c1-3-11-15-8-9(17-11)7-14-10-5-4-6-13-12(10)16-2/h4-6,8,14H,3,7H2,1-2H3. The van der Waals surface area contributed by atoms with Crippen LogP contribution in [0.3, 0.4) is 0 Å². The first-order valence-electron chi connectivity index (χ1n) is 5.50. The minimum absolute atomic E-state index is 0.618. The van der Waals surface area contributed by atoms with Gasteiger partial charge < -0.3 is 10.1 Å². The highest BCUT2D eigenvalue weighted by atomic mass is 32.1. The molecule has 0 aliphatic rings. The van der Waals surface area contributed by atoms with E-state index >= 15 is 0 Å². The van der Waals surface area contributed by atoms with Crippen molar-refractivity contribution in [3.05, 3.63) is 34.4 Å². The number of hydrogen-bond acceptors (Lipinski definition) is 5. The number of nitrogens with zero attached hydrogens (tertiary/aromatic N) is 2. The Hall–Kier alpha value is -1.62. The molecule has 1 N–H and O–H groups in total. The van der Waals surface area contributed by atoms with Crippen LogP contribution in [0, 0.1) is 0 Å². The Labute approximate surface area is 105 Å². The fraction of sp³-hybridized carbons (Fsp3) is 0.333. The van der Waals surface area contributed by atoms with Crippen LogP contribution in [-0.2, 0) is 13.0 Å².